The van der Waals surface area contributed by atoms with Crippen LogP contribution in [0.2, 0.25) is 0 Å². The molecule has 2 saturated heterocycles. The second-order valence-electron chi connectivity index (χ2n) is 5.09. The summed E-state index contributed by atoms with van der Waals surface area (Å²) in [6.45, 7) is 3.42. The van der Waals surface area contributed by atoms with E-state index in [1.54, 1.807) is 0 Å². The topological polar surface area (TPSA) is 77.4 Å². The van der Waals surface area contributed by atoms with E-state index in [4.69, 9.17) is 0 Å². The van der Waals surface area contributed by atoms with E-state index in [1.165, 1.54) is 12.8 Å². The second-order valence-corrected chi connectivity index (χ2v) is 5.09. The Hall–Kier alpha value is -1.63. The maximum Gasteiger partial charge on any atom is 0.232 e. The molecule has 2 aliphatic heterocycles. The lowest BCUT2D eigenvalue weighted by molar-refractivity contribution is 0.198. The highest BCUT2D eigenvalue weighted by atomic mass is 16.3. The van der Waals surface area contributed by atoms with Gasteiger partial charge >= 0.3 is 0 Å². The number of aromatic nitrogens is 3. The third-order valence-electron chi connectivity index (χ3n) is 3.67. The molecule has 0 radical (unpaired) electrons. The molecular weight excluding hydrogens is 244 g/mol. The molecule has 7 nitrogen and oxygen atoms in total. The molecule has 0 bridgehead atoms. The number of aliphatic hydroxyl groups is 1. The van der Waals surface area contributed by atoms with E-state index in [0.29, 0.717) is 18.4 Å². The first kappa shape index (κ1) is 12.4. The Labute approximate surface area is 112 Å². The van der Waals surface area contributed by atoms with Gasteiger partial charge in [-0.15, -0.1) is 0 Å². The van der Waals surface area contributed by atoms with Crippen LogP contribution in [0.25, 0.3) is 0 Å². The molecule has 104 valence electrons. The van der Waals surface area contributed by atoms with Crippen molar-refractivity contribution in [3.8, 4) is 0 Å². The number of rotatable bonds is 3. The van der Waals surface area contributed by atoms with Gasteiger partial charge < -0.3 is 20.2 Å². The second kappa shape index (κ2) is 5.16. The molecule has 1 atom stereocenters. The third kappa shape index (κ3) is 2.56. The summed E-state index contributed by atoms with van der Waals surface area (Å²) in [4.78, 5) is 17.6. The van der Waals surface area contributed by atoms with Crippen LogP contribution in [-0.2, 0) is 0 Å². The van der Waals surface area contributed by atoms with Crippen molar-refractivity contribution in [3.05, 3.63) is 0 Å². The van der Waals surface area contributed by atoms with E-state index in [0.717, 1.165) is 32.0 Å². The van der Waals surface area contributed by atoms with E-state index < -0.39 is 0 Å². The summed E-state index contributed by atoms with van der Waals surface area (Å²) in [5, 5.41) is 12.6. The maximum atomic E-state index is 9.63. The predicted octanol–water partition coefficient (Wildman–Crippen LogP) is 0.0845. The van der Waals surface area contributed by atoms with Gasteiger partial charge in [-0.2, -0.15) is 15.0 Å². The first-order chi connectivity index (χ1) is 9.26. The lowest BCUT2D eigenvalue weighted by Crippen LogP contribution is -2.27. The van der Waals surface area contributed by atoms with Gasteiger partial charge in [-0.3, -0.25) is 0 Å². The fraction of sp³-hybridized carbons (Fsp3) is 0.750. The number of anilines is 3. The van der Waals surface area contributed by atoms with Crippen molar-refractivity contribution in [3.63, 3.8) is 0 Å². The first-order valence-electron chi connectivity index (χ1n) is 6.88. The number of nitrogens with one attached hydrogen (secondary N) is 1. The SMILES string of the molecule is CNc1nc(N2CCCC2)nc(N2CCC(O)C2)n1. The van der Waals surface area contributed by atoms with Crippen molar-refractivity contribution in [2.24, 2.45) is 0 Å². The van der Waals surface area contributed by atoms with Crippen molar-refractivity contribution < 1.29 is 5.11 Å². The summed E-state index contributed by atoms with van der Waals surface area (Å²) < 4.78 is 0. The van der Waals surface area contributed by atoms with Crippen LogP contribution in [0.15, 0.2) is 0 Å². The molecule has 1 unspecified atom stereocenters. The van der Waals surface area contributed by atoms with Gasteiger partial charge in [0.15, 0.2) is 0 Å². The molecule has 2 fully saturated rings. The van der Waals surface area contributed by atoms with Crippen molar-refractivity contribution in [2.75, 3.05) is 48.3 Å². The fourth-order valence-corrected chi connectivity index (χ4v) is 2.59. The van der Waals surface area contributed by atoms with Crippen molar-refractivity contribution in [2.45, 2.75) is 25.4 Å². The zero-order valence-corrected chi connectivity index (χ0v) is 11.2. The van der Waals surface area contributed by atoms with Crippen LogP contribution in [0.4, 0.5) is 17.8 Å². The smallest absolute Gasteiger partial charge is 0.232 e. The Morgan fingerprint density at radius 2 is 1.74 bits per heavy atom. The quantitative estimate of drug-likeness (QED) is 0.800. The largest absolute Gasteiger partial charge is 0.391 e. The van der Waals surface area contributed by atoms with Gasteiger partial charge in [0, 0.05) is 33.2 Å². The molecule has 2 aliphatic rings. The fourth-order valence-electron chi connectivity index (χ4n) is 2.59. The van der Waals surface area contributed by atoms with E-state index in [9.17, 15) is 5.11 Å². The van der Waals surface area contributed by atoms with E-state index in [2.05, 4.69) is 25.2 Å². The Morgan fingerprint density at radius 1 is 1.05 bits per heavy atom. The highest BCUT2D eigenvalue weighted by Gasteiger charge is 2.25. The van der Waals surface area contributed by atoms with Crippen molar-refractivity contribution in [1.82, 2.24) is 15.0 Å². The molecule has 7 heteroatoms. The van der Waals surface area contributed by atoms with Gasteiger partial charge in [-0.1, -0.05) is 0 Å². The zero-order valence-electron chi connectivity index (χ0n) is 11.2. The number of β-amino-alcohol motifs (C(OH)–C–C–N with tert-alkyl or cyclic N) is 1. The summed E-state index contributed by atoms with van der Waals surface area (Å²) in [5.74, 6) is 2.00. The Balaban J connectivity index is 1.88. The normalized spacial score (nSPS) is 23.2. The summed E-state index contributed by atoms with van der Waals surface area (Å²) in [7, 11) is 1.81. The van der Waals surface area contributed by atoms with E-state index in [1.807, 2.05) is 11.9 Å². The average molecular weight is 264 g/mol. The molecule has 0 amide bonds. The highest BCUT2D eigenvalue weighted by molar-refractivity contribution is 5.46. The zero-order chi connectivity index (χ0) is 13.2. The monoisotopic (exact) mass is 264 g/mol. The lowest BCUT2D eigenvalue weighted by Gasteiger charge is -2.20. The summed E-state index contributed by atoms with van der Waals surface area (Å²) >= 11 is 0. The molecule has 1 aromatic heterocycles. The molecular formula is C12H20N6O. The summed E-state index contributed by atoms with van der Waals surface area (Å²) in [5.41, 5.74) is 0. The number of hydrogen-bond donors (Lipinski definition) is 2. The minimum atomic E-state index is -0.273. The van der Waals surface area contributed by atoms with Crippen LogP contribution in [0.1, 0.15) is 19.3 Å². The van der Waals surface area contributed by atoms with E-state index in [-0.39, 0.29) is 6.10 Å². The van der Waals surface area contributed by atoms with Crippen molar-refractivity contribution in [1.29, 1.82) is 0 Å². The van der Waals surface area contributed by atoms with Crippen LogP contribution >= 0.6 is 0 Å². The average Bonchev–Trinajstić information content (AvgIpc) is 3.09. The Bertz CT molecular complexity index is 448. The van der Waals surface area contributed by atoms with Gasteiger partial charge in [-0.25, -0.2) is 0 Å². The molecule has 3 heterocycles. The molecule has 0 aliphatic carbocycles. The molecule has 0 spiro atoms. The number of aliphatic hydroxyl groups excluding tert-OH is 1. The van der Waals surface area contributed by atoms with Crippen LogP contribution in [-0.4, -0.2) is 59.4 Å². The van der Waals surface area contributed by atoms with Gasteiger partial charge in [0.05, 0.1) is 6.10 Å². The molecule has 0 saturated carbocycles. The molecule has 0 aromatic carbocycles. The van der Waals surface area contributed by atoms with Gasteiger partial charge in [0.1, 0.15) is 0 Å². The van der Waals surface area contributed by atoms with Gasteiger partial charge in [-0.05, 0) is 19.3 Å². The Kier molecular flexibility index (Phi) is 3.37. The van der Waals surface area contributed by atoms with Crippen LogP contribution in [0, 0.1) is 0 Å². The number of nitrogens with zero attached hydrogens (tertiary/aromatic N) is 5. The molecule has 19 heavy (non-hydrogen) atoms. The minimum Gasteiger partial charge on any atom is -0.391 e. The standard InChI is InChI=1S/C12H20N6O/c1-13-10-14-11(17-5-2-3-6-17)16-12(15-10)18-7-4-9(19)8-18/h9,19H,2-8H2,1H3,(H,13,14,15,16). The first-order valence-corrected chi connectivity index (χ1v) is 6.88. The van der Waals surface area contributed by atoms with E-state index >= 15 is 0 Å². The van der Waals surface area contributed by atoms with Crippen LogP contribution in [0.5, 0.6) is 0 Å². The predicted molar refractivity (Wildman–Crippen MR) is 73.7 cm³/mol. The summed E-state index contributed by atoms with van der Waals surface area (Å²) in [6, 6.07) is 0. The maximum absolute atomic E-state index is 9.63. The molecule has 2 N–H and O–H groups in total. The Morgan fingerprint density at radius 3 is 2.32 bits per heavy atom. The number of hydrogen-bond acceptors (Lipinski definition) is 7. The van der Waals surface area contributed by atoms with Crippen LogP contribution in [0.3, 0.4) is 0 Å². The highest BCUT2D eigenvalue weighted by Crippen LogP contribution is 2.22. The molecule has 3 rings (SSSR count). The minimum absolute atomic E-state index is 0.273. The van der Waals surface area contributed by atoms with Crippen molar-refractivity contribution >= 4 is 17.8 Å². The third-order valence-corrected chi connectivity index (χ3v) is 3.67. The van der Waals surface area contributed by atoms with Crippen LogP contribution < -0.4 is 15.1 Å². The van der Waals surface area contributed by atoms with Gasteiger partial charge in [0.2, 0.25) is 17.8 Å². The summed E-state index contributed by atoms with van der Waals surface area (Å²) in [6.07, 6.45) is 2.89. The molecule has 1 aromatic rings. The lowest BCUT2D eigenvalue weighted by atomic mass is 10.3. The van der Waals surface area contributed by atoms with Gasteiger partial charge in [0.25, 0.3) is 0 Å².